The van der Waals surface area contributed by atoms with Gasteiger partial charge in [0, 0.05) is 47.0 Å². The molecule has 4 aromatic carbocycles. The lowest BCUT2D eigenvalue weighted by Gasteiger charge is -2.10. The van der Waals surface area contributed by atoms with Gasteiger partial charge in [0.25, 0.3) is 0 Å². The molecule has 1 aliphatic rings. The topological polar surface area (TPSA) is 113 Å². The van der Waals surface area contributed by atoms with E-state index < -0.39 is 0 Å². The number of aromatic nitrogens is 4. The predicted octanol–water partition coefficient (Wildman–Crippen LogP) is 10.0. The molecule has 0 aliphatic carbocycles. The van der Waals surface area contributed by atoms with Gasteiger partial charge in [-0.15, -0.1) is 6.58 Å². The second-order valence-electron chi connectivity index (χ2n) is 11.8. The van der Waals surface area contributed by atoms with Crippen LogP contribution in [0.4, 0.5) is 23.3 Å². The number of ether oxygens (including phenoxy) is 4. The van der Waals surface area contributed by atoms with Crippen molar-refractivity contribution in [2.24, 2.45) is 0 Å². The van der Waals surface area contributed by atoms with E-state index >= 15 is 0 Å². The molecule has 2 N–H and O–H groups in total. The van der Waals surface area contributed by atoms with Gasteiger partial charge in [0.15, 0.2) is 0 Å². The maximum Gasteiger partial charge on any atom is 0.227 e. The number of fused-ring (bicyclic) bond motifs is 7. The van der Waals surface area contributed by atoms with E-state index in [1.807, 2.05) is 121 Å². The number of anilines is 4. The predicted molar refractivity (Wildman–Crippen MR) is 215 cm³/mol. The average Bonchev–Trinajstić information content (AvgIpc) is 3.21. The van der Waals surface area contributed by atoms with Crippen LogP contribution in [-0.2, 0) is 0 Å². The molecule has 0 radical (unpaired) electrons. The van der Waals surface area contributed by atoms with Crippen molar-refractivity contribution >= 4 is 23.3 Å². The van der Waals surface area contributed by atoms with Crippen molar-refractivity contribution in [3.63, 3.8) is 0 Å². The van der Waals surface area contributed by atoms with Crippen LogP contribution in [0.15, 0.2) is 159 Å². The molecule has 6 bridgehead atoms. The zero-order chi connectivity index (χ0) is 37.2. The quantitative estimate of drug-likeness (QED) is 0.105. The van der Waals surface area contributed by atoms with Gasteiger partial charge in [-0.3, -0.25) is 0 Å². The molecule has 3 heterocycles. The summed E-state index contributed by atoms with van der Waals surface area (Å²) < 4.78 is 22.9. The second-order valence-corrected chi connectivity index (χ2v) is 11.8. The number of benzene rings is 4. The Morgan fingerprint density at radius 3 is 2.30 bits per heavy atom. The molecule has 10 nitrogen and oxygen atoms in total. The molecule has 0 fully saturated rings. The molecule has 2 aromatic heterocycles. The molecule has 54 heavy (non-hydrogen) atoms. The molecule has 272 valence electrons. The van der Waals surface area contributed by atoms with Crippen LogP contribution in [0.25, 0.3) is 22.5 Å². The van der Waals surface area contributed by atoms with Gasteiger partial charge in [-0.25, -0.2) is 19.9 Å². The fourth-order valence-electron chi connectivity index (χ4n) is 5.23. The van der Waals surface area contributed by atoms with E-state index in [1.54, 1.807) is 18.5 Å². The van der Waals surface area contributed by atoms with Crippen LogP contribution < -0.4 is 29.6 Å². The van der Waals surface area contributed by atoms with E-state index in [0.717, 1.165) is 69.7 Å². The summed E-state index contributed by atoms with van der Waals surface area (Å²) in [6, 6.07) is 35.0. The highest BCUT2D eigenvalue weighted by atomic mass is 16.5. The van der Waals surface area contributed by atoms with Crippen LogP contribution in [0.1, 0.15) is 12.8 Å². The summed E-state index contributed by atoms with van der Waals surface area (Å²) in [5, 5.41) is 6.45. The summed E-state index contributed by atoms with van der Waals surface area (Å²) in [6.07, 6.45) is 12.7. The highest BCUT2D eigenvalue weighted by molar-refractivity contribution is 5.65. The summed E-state index contributed by atoms with van der Waals surface area (Å²) in [5.74, 6) is 4.23. The largest absolute Gasteiger partial charge is 0.493 e. The first-order valence-electron chi connectivity index (χ1n) is 17.6. The third-order valence-electron chi connectivity index (χ3n) is 7.78. The Bertz CT molecular complexity index is 2170. The molecule has 10 heteroatoms. The highest BCUT2D eigenvalue weighted by Crippen LogP contribution is 2.27. The third-order valence-corrected chi connectivity index (χ3v) is 7.78. The number of nitrogens with zero attached hydrogens (tertiary/aromatic N) is 4. The van der Waals surface area contributed by atoms with Crippen LogP contribution >= 0.6 is 0 Å². The van der Waals surface area contributed by atoms with Crippen molar-refractivity contribution in [2.45, 2.75) is 12.8 Å². The molecule has 0 unspecified atom stereocenters. The molecule has 0 amide bonds. The SMILES string of the molecule is C1=C/COc2cccc(c2)Nc2nccc(n2)-c2cccc(c2)OCC/1.C=CCCOc1cccc(-c2ccnc(Nc3cccc(OCC=C)c3)n2)c1. The summed E-state index contributed by atoms with van der Waals surface area (Å²) in [4.78, 5) is 17.9. The Kier molecular flexibility index (Phi) is 13.4. The minimum atomic E-state index is 0.459. The number of rotatable bonds is 10. The Labute approximate surface area is 315 Å². The first-order chi connectivity index (χ1) is 26.6. The van der Waals surface area contributed by atoms with Crippen LogP contribution in [0.2, 0.25) is 0 Å². The summed E-state index contributed by atoms with van der Waals surface area (Å²) in [5.41, 5.74) is 5.33. The number of hydrogen-bond donors (Lipinski definition) is 2. The van der Waals surface area contributed by atoms with Gasteiger partial charge in [-0.2, -0.15) is 0 Å². The Balaban J connectivity index is 0.000000185. The molecule has 0 atom stereocenters. The molecular formula is C44H42N6O4. The smallest absolute Gasteiger partial charge is 0.227 e. The maximum absolute atomic E-state index is 5.83. The van der Waals surface area contributed by atoms with Crippen LogP contribution in [0.5, 0.6) is 23.0 Å². The molecular weight excluding hydrogens is 677 g/mol. The van der Waals surface area contributed by atoms with Crippen molar-refractivity contribution in [1.29, 1.82) is 0 Å². The van der Waals surface area contributed by atoms with Crippen molar-refractivity contribution in [1.82, 2.24) is 19.9 Å². The summed E-state index contributed by atoms with van der Waals surface area (Å²) in [6.45, 7) is 9.56. The van der Waals surface area contributed by atoms with Gasteiger partial charge in [0.1, 0.15) is 36.2 Å². The third kappa shape index (κ3) is 11.3. The van der Waals surface area contributed by atoms with Crippen molar-refractivity contribution < 1.29 is 18.9 Å². The van der Waals surface area contributed by atoms with E-state index in [-0.39, 0.29) is 0 Å². The molecule has 7 rings (SSSR count). The molecule has 0 saturated carbocycles. The maximum atomic E-state index is 5.83. The molecule has 0 saturated heterocycles. The molecule has 6 aromatic rings. The lowest BCUT2D eigenvalue weighted by atomic mass is 10.1. The van der Waals surface area contributed by atoms with E-state index in [9.17, 15) is 0 Å². The van der Waals surface area contributed by atoms with E-state index in [1.165, 1.54) is 0 Å². The van der Waals surface area contributed by atoms with Gasteiger partial charge in [-0.1, -0.05) is 67.3 Å². The Hall–Kier alpha value is -6.94. The zero-order valence-corrected chi connectivity index (χ0v) is 29.9. The van der Waals surface area contributed by atoms with Crippen molar-refractivity contribution in [3.8, 4) is 45.5 Å². The number of nitrogens with one attached hydrogen (secondary N) is 2. The lowest BCUT2D eigenvalue weighted by molar-refractivity contribution is 0.324. The normalized spacial score (nSPS) is 12.4. The van der Waals surface area contributed by atoms with Crippen molar-refractivity contribution in [2.75, 3.05) is 37.1 Å². The van der Waals surface area contributed by atoms with Gasteiger partial charge in [0.05, 0.1) is 24.6 Å². The first-order valence-corrected chi connectivity index (χ1v) is 17.6. The van der Waals surface area contributed by atoms with Gasteiger partial charge < -0.3 is 29.6 Å². The molecule has 1 aliphatic heterocycles. The minimum absolute atomic E-state index is 0.459. The van der Waals surface area contributed by atoms with Crippen LogP contribution in [0.3, 0.4) is 0 Å². The van der Waals surface area contributed by atoms with Gasteiger partial charge >= 0.3 is 0 Å². The minimum Gasteiger partial charge on any atom is -0.493 e. The average molecular weight is 719 g/mol. The molecule has 0 spiro atoms. The van der Waals surface area contributed by atoms with E-state index in [0.29, 0.717) is 38.3 Å². The lowest BCUT2D eigenvalue weighted by Crippen LogP contribution is -1.99. The van der Waals surface area contributed by atoms with Crippen molar-refractivity contribution in [3.05, 3.63) is 159 Å². The van der Waals surface area contributed by atoms with Gasteiger partial charge in [-0.05, 0) is 73.5 Å². The first kappa shape index (κ1) is 36.8. The van der Waals surface area contributed by atoms with Crippen LogP contribution in [0, 0.1) is 0 Å². The summed E-state index contributed by atoms with van der Waals surface area (Å²) >= 11 is 0. The fourth-order valence-corrected chi connectivity index (χ4v) is 5.23. The number of hydrogen-bond acceptors (Lipinski definition) is 10. The van der Waals surface area contributed by atoms with E-state index in [4.69, 9.17) is 18.9 Å². The fraction of sp³-hybridized carbons (Fsp3) is 0.136. The second kappa shape index (κ2) is 19.6. The Morgan fingerprint density at radius 2 is 1.44 bits per heavy atom. The van der Waals surface area contributed by atoms with Crippen LogP contribution in [-0.4, -0.2) is 46.4 Å². The zero-order valence-electron chi connectivity index (χ0n) is 29.9. The Morgan fingerprint density at radius 1 is 0.704 bits per heavy atom. The summed E-state index contributed by atoms with van der Waals surface area (Å²) in [7, 11) is 0. The van der Waals surface area contributed by atoms with Gasteiger partial charge in [0.2, 0.25) is 11.9 Å². The highest BCUT2D eigenvalue weighted by Gasteiger charge is 2.07. The monoisotopic (exact) mass is 718 g/mol. The van der Waals surface area contributed by atoms with E-state index in [2.05, 4.69) is 49.8 Å². The standard InChI is InChI=1S/C23H23N3O2.C21H19N3O2/c1-3-5-15-28-20-10-6-8-18(16-20)22-12-13-24-23(26-22)25-19-9-7-11-21(17-19)27-14-4-2;1-2-12-25-18-8-4-6-16(14-18)20-10-11-22-21(24-20)23-17-7-5-9-19(15-17)26-13-3-1/h3-4,6-13,16-17H,1-2,5,14-15H2,(H,24,25,26);1,3-11,14-15H,2,12-13H2,(H,22,23,24)/b;3-1+.